The van der Waals surface area contributed by atoms with E-state index in [1.165, 1.54) is 5.56 Å². The second kappa shape index (κ2) is 9.67. The summed E-state index contributed by atoms with van der Waals surface area (Å²) >= 11 is 1.65. The lowest BCUT2D eigenvalue weighted by molar-refractivity contribution is -0.885. The van der Waals surface area contributed by atoms with Gasteiger partial charge in [0.05, 0.1) is 14.2 Å². The first-order valence-corrected chi connectivity index (χ1v) is 10.6. The highest BCUT2D eigenvalue weighted by molar-refractivity contribution is 7.13. The van der Waals surface area contributed by atoms with E-state index >= 15 is 0 Å². The Bertz CT molecular complexity index is 951. The SMILES string of the molecule is COc1cccc(NC(=O)C[NH+](C)Cc2csc(-c3ccc(C(C)C)cc3)n2)c1. The van der Waals surface area contributed by atoms with E-state index in [1.54, 1.807) is 18.4 Å². The summed E-state index contributed by atoms with van der Waals surface area (Å²) in [5.41, 5.74) is 4.21. The van der Waals surface area contributed by atoms with Gasteiger partial charge in [-0.05, 0) is 23.6 Å². The minimum absolute atomic E-state index is 0.0320. The molecule has 6 heteroatoms. The van der Waals surface area contributed by atoms with Crippen molar-refractivity contribution in [1.82, 2.24) is 4.98 Å². The largest absolute Gasteiger partial charge is 0.497 e. The Morgan fingerprint density at radius 3 is 2.66 bits per heavy atom. The highest BCUT2D eigenvalue weighted by atomic mass is 32.1. The van der Waals surface area contributed by atoms with Crippen LogP contribution in [0.5, 0.6) is 5.75 Å². The van der Waals surface area contributed by atoms with Crippen LogP contribution in [0.25, 0.3) is 10.6 Å². The highest BCUT2D eigenvalue weighted by Crippen LogP contribution is 2.25. The number of thiazole rings is 1. The molecular weight excluding hydrogens is 382 g/mol. The Morgan fingerprint density at radius 2 is 1.97 bits per heavy atom. The third-order valence-corrected chi connectivity index (χ3v) is 5.61. The average Bonchev–Trinajstić information content (AvgIpc) is 3.16. The molecule has 2 aromatic carbocycles. The van der Waals surface area contributed by atoms with Gasteiger partial charge in [-0.3, -0.25) is 4.79 Å². The quantitative estimate of drug-likeness (QED) is 0.597. The Hall–Kier alpha value is -2.70. The van der Waals surface area contributed by atoms with Gasteiger partial charge >= 0.3 is 0 Å². The summed E-state index contributed by atoms with van der Waals surface area (Å²) in [7, 11) is 3.61. The van der Waals surface area contributed by atoms with E-state index in [4.69, 9.17) is 9.72 Å². The van der Waals surface area contributed by atoms with Crippen LogP contribution in [0.15, 0.2) is 53.9 Å². The van der Waals surface area contributed by atoms with E-state index in [9.17, 15) is 4.79 Å². The molecular formula is C23H28N3O2S+. The number of quaternary nitrogens is 1. The van der Waals surface area contributed by atoms with Crippen LogP contribution in [0.4, 0.5) is 5.69 Å². The molecule has 5 nitrogen and oxygen atoms in total. The zero-order valence-corrected chi connectivity index (χ0v) is 18.2. The van der Waals surface area contributed by atoms with Crippen LogP contribution in [-0.2, 0) is 11.3 Å². The molecule has 0 radical (unpaired) electrons. The Labute approximate surface area is 176 Å². The van der Waals surface area contributed by atoms with Gasteiger partial charge in [0, 0.05) is 22.7 Å². The number of aromatic nitrogens is 1. The Kier molecular flexibility index (Phi) is 7.01. The number of benzene rings is 2. The number of carbonyl (C=O) groups is 1. The summed E-state index contributed by atoms with van der Waals surface area (Å²) in [6.45, 7) is 5.46. The molecule has 1 heterocycles. The number of hydrogen-bond acceptors (Lipinski definition) is 4. The number of likely N-dealkylation sites (N-methyl/N-ethyl adjacent to an activating group) is 1. The van der Waals surface area contributed by atoms with Crippen molar-refractivity contribution in [3.8, 4) is 16.3 Å². The third-order valence-electron chi connectivity index (χ3n) is 4.67. The number of nitrogens with one attached hydrogen (secondary N) is 2. The van der Waals surface area contributed by atoms with Crippen molar-refractivity contribution in [2.45, 2.75) is 26.3 Å². The van der Waals surface area contributed by atoms with Gasteiger partial charge in [0.2, 0.25) is 0 Å². The van der Waals surface area contributed by atoms with Gasteiger partial charge in [0.25, 0.3) is 5.91 Å². The molecule has 3 aromatic rings. The number of nitrogens with zero attached hydrogens (tertiary/aromatic N) is 1. The van der Waals surface area contributed by atoms with Crippen molar-refractivity contribution in [2.24, 2.45) is 0 Å². The highest BCUT2D eigenvalue weighted by Gasteiger charge is 2.14. The smallest absolute Gasteiger partial charge is 0.279 e. The maximum Gasteiger partial charge on any atom is 0.279 e. The van der Waals surface area contributed by atoms with Crippen LogP contribution >= 0.6 is 11.3 Å². The summed E-state index contributed by atoms with van der Waals surface area (Å²) in [6, 6.07) is 16.0. The van der Waals surface area contributed by atoms with E-state index in [2.05, 4.69) is 48.8 Å². The molecule has 0 bridgehead atoms. The van der Waals surface area contributed by atoms with Crippen LogP contribution in [0.3, 0.4) is 0 Å². The lowest BCUT2D eigenvalue weighted by Gasteiger charge is -2.13. The monoisotopic (exact) mass is 410 g/mol. The first-order chi connectivity index (χ1) is 13.9. The molecule has 0 aliphatic carbocycles. The first-order valence-electron chi connectivity index (χ1n) is 9.74. The number of amides is 1. The van der Waals surface area contributed by atoms with Gasteiger partial charge in [-0.15, -0.1) is 11.3 Å². The van der Waals surface area contributed by atoms with Crippen molar-refractivity contribution in [3.63, 3.8) is 0 Å². The lowest BCUT2D eigenvalue weighted by atomic mass is 10.0. The van der Waals surface area contributed by atoms with Crippen molar-refractivity contribution >= 4 is 22.9 Å². The number of hydrogen-bond donors (Lipinski definition) is 2. The summed E-state index contributed by atoms with van der Waals surface area (Å²) < 4.78 is 5.19. The average molecular weight is 411 g/mol. The van der Waals surface area contributed by atoms with Gasteiger partial charge < -0.3 is 15.0 Å². The fraction of sp³-hybridized carbons (Fsp3) is 0.304. The molecule has 0 aliphatic heterocycles. The lowest BCUT2D eigenvalue weighted by Crippen LogP contribution is -3.08. The Morgan fingerprint density at radius 1 is 1.21 bits per heavy atom. The first kappa shape index (κ1) is 21.0. The van der Waals surface area contributed by atoms with Crippen LogP contribution < -0.4 is 15.0 Å². The molecule has 0 saturated carbocycles. The zero-order chi connectivity index (χ0) is 20.8. The fourth-order valence-electron chi connectivity index (χ4n) is 3.08. The van der Waals surface area contributed by atoms with Crippen LogP contribution in [0, 0.1) is 0 Å². The molecule has 1 unspecified atom stereocenters. The molecule has 1 aromatic heterocycles. The minimum Gasteiger partial charge on any atom is -0.497 e. The van der Waals surface area contributed by atoms with Crippen molar-refractivity contribution in [3.05, 3.63) is 65.2 Å². The van der Waals surface area contributed by atoms with E-state index in [-0.39, 0.29) is 5.91 Å². The van der Waals surface area contributed by atoms with Gasteiger partial charge in [-0.25, -0.2) is 4.98 Å². The zero-order valence-electron chi connectivity index (χ0n) is 17.4. The minimum atomic E-state index is -0.0320. The molecule has 1 amide bonds. The maximum atomic E-state index is 12.3. The Balaban J connectivity index is 1.55. The summed E-state index contributed by atoms with van der Waals surface area (Å²) in [4.78, 5) is 18.2. The van der Waals surface area contributed by atoms with Crippen LogP contribution in [0.1, 0.15) is 31.0 Å². The summed E-state index contributed by atoms with van der Waals surface area (Å²) in [6.07, 6.45) is 0. The third kappa shape index (κ3) is 5.89. The standard InChI is InChI=1S/C23H27N3O2S/c1-16(2)17-8-10-18(11-9-17)23-25-20(15-29-23)13-26(3)14-22(27)24-19-6-5-7-21(12-19)28-4/h5-12,15-16H,13-14H2,1-4H3,(H,24,27)/p+1. The van der Waals surface area contributed by atoms with Crippen molar-refractivity contribution < 1.29 is 14.4 Å². The molecule has 0 fully saturated rings. The van der Waals surface area contributed by atoms with Gasteiger partial charge in [0.15, 0.2) is 6.54 Å². The van der Waals surface area contributed by atoms with Crippen LogP contribution in [0.2, 0.25) is 0 Å². The number of anilines is 1. The van der Waals surface area contributed by atoms with E-state index < -0.39 is 0 Å². The summed E-state index contributed by atoms with van der Waals surface area (Å²) in [5, 5.41) is 6.02. The molecule has 152 valence electrons. The van der Waals surface area contributed by atoms with Gasteiger partial charge in [-0.2, -0.15) is 0 Å². The molecule has 3 rings (SSSR count). The second-order valence-electron chi connectivity index (χ2n) is 7.51. The van der Waals surface area contributed by atoms with Gasteiger partial charge in [-0.1, -0.05) is 44.2 Å². The fourth-order valence-corrected chi connectivity index (χ4v) is 3.91. The molecule has 1 atom stereocenters. The van der Waals surface area contributed by atoms with E-state index in [0.29, 0.717) is 19.0 Å². The number of ether oxygens (including phenoxy) is 1. The second-order valence-corrected chi connectivity index (χ2v) is 8.37. The predicted molar refractivity (Wildman–Crippen MR) is 119 cm³/mol. The molecule has 29 heavy (non-hydrogen) atoms. The van der Waals surface area contributed by atoms with E-state index in [1.807, 2.05) is 31.3 Å². The van der Waals surface area contributed by atoms with Crippen LogP contribution in [-0.4, -0.2) is 31.6 Å². The molecule has 0 saturated heterocycles. The van der Waals surface area contributed by atoms with Gasteiger partial charge in [0.1, 0.15) is 23.0 Å². The number of methoxy groups -OCH3 is 1. The molecule has 0 aliphatic rings. The normalized spacial score (nSPS) is 12.0. The topological polar surface area (TPSA) is 55.7 Å². The number of carbonyl (C=O) groups excluding carboxylic acids is 1. The molecule has 0 spiro atoms. The summed E-state index contributed by atoms with van der Waals surface area (Å²) in [5.74, 6) is 1.21. The van der Waals surface area contributed by atoms with Crippen molar-refractivity contribution in [1.29, 1.82) is 0 Å². The molecule has 2 N–H and O–H groups in total. The van der Waals surface area contributed by atoms with Crippen molar-refractivity contribution in [2.75, 3.05) is 26.0 Å². The predicted octanol–water partition coefficient (Wildman–Crippen LogP) is 3.60. The van der Waals surface area contributed by atoms with E-state index in [0.717, 1.165) is 32.6 Å². The maximum absolute atomic E-state index is 12.3. The number of rotatable bonds is 8.